The van der Waals surface area contributed by atoms with Crippen molar-refractivity contribution in [1.29, 1.82) is 0 Å². The highest BCUT2D eigenvalue weighted by atomic mass is 32.2. The highest BCUT2D eigenvalue weighted by molar-refractivity contribution is 7.89. The lowest BCUT2D eigenvalue weighted by atomic mass is 9.88. The van der Waals surface area contributed by atoms with Crippen LogP contribution in [0.4, 0.5) is 11.4 Å². The average molecular weight is 588 g/mol. The Morgan fingerprint density at radius 1 is 0.976 bits per heavy atom. The molecule has 3 aromatic rings. The molecule has 0 spiro atoms. The Labute approximate surface area is 247 Å². The van der Waals surface area contributed by atoms with Gasteiger partial charge < -0.3 is 15.0 Å². The fourth-order valence-electron chi connectivity index (χ4n) is 5.73. The summed E-state index contributed by atoms with van der Waals surface area (Å²) >= 11 is 0. The molecule has 1 fully saturated rings. The Balaban J connectivity index is 1.41. The first kappa shape index (κ1) is 29.5. The smallest absolute Gasteiger partial charge is 0.309 e. The van der Waals surface area contributed by atoms with Gasteiger partial charge >= 0.3 is 5.97 Å². The zero-order valence-electron chi connectivity index (χ0n) is 23.8. The van der Waals surface area contributed by atoms with Gasteiger partial charge in [0.15, 0.2) is 0 Å². The number of carbonyl (C=O) groups is 2. The zero-order valence-corrected chi connectivity index (χ0v) is 24.6. The van der Waals surface area contributed by atoms with E-state index < -0.39 is 10.0 Å². The second kappa shape index (κ2) is 13.4. The fourth-order valence-corrected chi connectivity index (χ4v) is 7.23. The summed E-state index contributed by atoms with van der Waals surface area (Å²) < 4.78 is 36.3. The molecular formula is C33H37N3O5S. The van der Waals surface area contributed by atoms with Crippen molar-refractivity contribution in [3.05, 3.63) is 95.6 Å². The SMILES string of the molecule is CCOC(=O)C1CCN(c2ccc(NC(=O)/C=C/c3ccccc3)cc2S(=O)(=O)N[C@H]2CCCc3ccccc32)CC1. The first-order valence-corrected chi connectivity index (χ1v) is 16.0. The van der Waals surface area contributed by atoms with Crippen molar-refractivity contribution in [3.63, 3.8) is 0 Å². The molecule has 42 heavy (non-hydrogen) atoms. The number of piperidine rings is 1. The lowest BCUT2D eigenvalue weighted by Gasteiger charge is -2.34. The number of amides is 1. The van der Waals surface area contributed by atoms with Crippen LogP contribution in [-0.2, 0) is 30.8 Å². The lowest BCUT2D eigenvalue weighted by molar-refractivity contribution is -0.148. The maximum atomic E-state index is 14.0. The number of rotatable bonds is 9. The number of carbonyl (C=O) groups excluding carboxylic acids is 2. The van der Waals surface area contributed by atoms with Crippen molar-refractivity contribution < 1.29 is 22.7 Å². The van der Waals surface area contributed by atoms with Crippen LogP contribution < -0.4 is 14.9 Å². The second-order valence-electron chi connectivity index (χ2n) is 10.7. The molecule has 1 amide bonds. The molecule has 2 aliphatic rings. The van der Waals surface area contributed by atoms with Gasteiger partial charge in [-0.05, 0) is 80.0 Å². The quantitative estimate of drug-likeness (QED) is 0.254. The summed E-state index contributed by atoms with van der Waals surface area (Å²) in [5.41, 5.74) is 3.97. The largest absolute Gasteiger partial charge is 0.466 e. The monoisotopic (exact) mass is 587 g/mol. The van der Waals surface area contributed by atoms with Gasteiger partial charge in [0, 0.05) is 30.9 Å². The topological polar surface area (TPSA) is 105 Å². The van der Waals surface area contributed by atoms with Crippen LogP contribution in [0.25, 0.3) is 6.08 Å². The molecule has 0 bridgehead atoms. The number of benzene rings is 3. The van der Waals surface area contributed by atoms with E-state index in [1.807, 2.05) is 59.5 Å². The molecule has 220 valence electrons. The zero-order chi connectivity index (χ0) is 29.5. The minimum absolute atomic E-state index is 0.102. The number of nitrogens with zero attached hydrogens (tertiary/aromatic N) is 1. The molecular weight excluding hydrogens is 550 g/mol. The van der Waals surface area contributed by atoms with Crippen LogP contribution in [0.5, 0.6) is 0 Å². The predicted octanol–water partition coefficient (Wildman–Crippen LogP) is 5.47. The van der Waals surface area contributed by atoms with E-state index in [0.717, 1.165) is 29.5 Å². The van der Waals surface area contributed by atoms with Gasteiger partial charge in [0.25, 0.3) is 0 Å². The maximum absolute atomic E-state index is 14.0. The van der Waals surface area contributed by atoms with E-state index in [-0.39, 0.29) is 28.7 Å². The maximum Gasteiger partial charge on any atom is 0.309 e. The highest BCUT2D eigenvalue weighted by Crippen LogP contribution is 2.35. The van der Waals surface area contributed by atoms with Crippen molar-refractivity contribution in [2.24, 2.45) is 5.92 Å². The van der Waals surface area contributed by atoms with E-state index in [2.05, 4.69) is 10.0 Å². The van der Waals surface area contributed by atoms with Crippen LogP contribution in [0, 0.1) is 5.92 Å². The van der Waals surface area contributed by atoms with Crippen LogP contribution in [0.2, 0.25) is 0 Å². The molecule has 3 aromatic carbocycles. The summed E-state index contributed by atoms with van der Waals surface area (Å²) in [4.78, 5) is 27.1. The average Bonchev–Trinajstić information content (AvgIpc) is 3.01. The number of fused-ring (bicyclic) bond motifs is 1. The second-order valence-corrected chi connectivity index (χ2v) is 12.4. The number of anilines is 2. The van der Waals surface area contributed by atoms with Gasteiger partial charge in [-0.15, -0.1) is 0 Å². The van der Waals surface area contributed by atoms with Gasteiger partial charge in [-0.2, -0.15) is 0 Å². The van der Waals surface area contributed by atoms with E-state index in [1.54, 1.807) is 25.1 Å². The van der Waals surface area contributed by atoms with Crippen LogP contribution in [0.1, 0.15) is 55.3 Å². The molecule has 1 aliphatic heterocycles. The Kier molecular flexibility index (Phi) is 9.39. The molecule has 0 aromatic heterocycles. The minimum Gasteiger partial charge on any atom is -0.466 e. The van der Waals surface area contributed by atoms with E-state index in [1.165, 1.54) is 12.1 Å². The van der Waals surface area contributed by atoms with Crippen molar-refractivity contribution >= 4 is 39.4 Å². The number of ether oxygens (including phenoxy) is 1. The third kappa shape index (κ3) is 7.09. The van der Waals surface area contributed by atoms with E-state index in [9.17, 15) is 18.0 Å². The number of nitrogens with one attached hydrogen (secondary N) is 2. The number of hydrogen-bond donors (Lipinski definition) is 2. The molecule has 9 heteroatoms. The van der Waals surface area contributed by atoms with Crippen molar-refractivity contribution in [1.82, 2.24) is 4.72 Å². The summed E-state index contributed by atoms with van der Waals surface area (Å²) in [5.74, 6) is -0.767. The molecule has 0 radical (unpaired) electrons. The molecule has 0 saturated carbocycles. The normalized spacial score (nSPS) is 17.5. The van der Waals surface area contributed by atoms with Crippen LogP contribution in [0.3, 0.4) is 0 Å². The van der Waals surface area contributed by atoms with Gasteiger partial charge in [-0.3, -0.25) is 9.59 Å². The number of aryl methyl sites for hydroxylation is 1. The van der Waals surface area contributed by atoms with E-state index >= 15 is 0 Å². The van der Waals surface area contributed by atoms with Crippen molar-refractivity contribution in [3.8, 4) is 0 Å². The summed E-state index contributed by atoms with van der Waals surface area (Å²) in [6.45, 7) is 3.17. The van der Waals surface area contributed by atoms with Gasteiger partial charge in [0.05, 0.1) is 18.2 Å². The molecule has 1 saturated heterocycles. The predicted molar refractivity (Wildman–Crippen MR) is 165 cm³/mol. The van der Waals surface area contributed by atoms with Crippen LogP contribution in [-0.4, -0.2) is 40.0 Å². The summed E-state index contributed by atoms with van der Waals surface area (Å²) in [7, 11) is -3.99. The highest BCUT2D eigenvalue weighted by Gasteiger charge is 2.32. The molecule has 1 atom stereocenters. The van der Waals surface area contributed by atoms with Gasteiger partial charge in [-0.1, -0.05) is 54.6 Å². The van der Waals surface area contributed by atoms with Crippen LogP contribution in [0.15, 0.2) is 83.8 Å². The first-order valence-electron chi connectivity index (χ1n) is 14.5. The summed E-state index contributed by atoms with van der Waals surface area (Å²) in [6.07, 6.45) is 6.80. The van der Waals surface area contributed by atoms with Crippen LogP contribution >= 0.6 is 0 Å². The molecule has 5 rings (SSSR count). The third-order valence-corrected chi connectivity index (χ3v) is 9.37. The Morgan fingerprint density at radius 2 is 1.71 bits per heavy atom. The standard InChI is InChI=1S/C33H37N3O5S/c1-2-41-33(38)26-19-21-36(22-20-26)30-17-16-27(34-32(37)18-15-24-9-4-3-5-10-24)23-31(30)42(39,40)35-29-14-8-12-25-11-6-7-13-28(25)29/h3-7,9-11,13,15-18,23,26,29,35H,2,8,12,14,19-22H2,1H3,(H,34,37)/b18-15+/t29-/m0/s1. The number of esters is 1. The molecule has 1 aliphatic carbocycles. The first-order chi connectivity index (χ1) is 20.3. The van der Waals surface area contributed by atoms with Crippen molar-refractivity contribution in [2.75, 3.05) is 29.9 Å². The van der Waals surface area contributed by atoms with Gasteiger partial charge in [-0.25, -0.2) is 13.1 Å². The number of sulfonamides is 1. The molecule has 0 unspecified atom stereocenters. The summed E-state index contributed by atoms with van der Waals surface area (Å²) in [6, 6.07) is 22.1. The Bertz CT molecular complexity index is 1550. The Hall–Kier alpha value is -3.95. The molecule has 1 heterocycles. The minimum atomic E-state index is -3.99. The Morgan fingerprint density at radius 3 is 2.48 bits per heavy atom. The van der Waals surface area contributed by atoms with E-state index in [0.29, 0.717) is 50.3 Å². The van der Waals surface area contributed by atoms with Gasteiger partial charge in [0.2, 0.25) is 15.9 Å². The number of hydrogen-bond acceptors (Lipinski definition) is 6. The lowest BCUT2D eigenvalue weighted by Crippen LogP contribution is -2.38. The molecule has 8 nitrogen and oxygen atoms in total. The summed E-state index contributed by atoms with van der Waals surface area (Å²) in [5, 5.41) is 2.81. The fraction of sp³-hybridized carbons (Fsp3) is 0.333. The van der Waals surface area contributed by atoms with Gasteiger partial charge in [0.1, 0.15) is 4.90 Å². The van der Waals surface area contributed by atoms with Crippen molar-refractivity contribution in [2.45, 2.75) is 50.0 Å². The van der Waals surface area contributed by atoms with E-state index in [4.69, 9.17) is 4.74 Å². The third-order valence-electron chi connectivity index (χ3n) is 7.87. The molecule has 2 N–H and O–H groups in total.